The van der Waals surface area contributed by atoms with Crippen LogP contribution >= 0.6 is 0 Å². The molecule has 0 radical (unpaired) electrons. The summed E-state index contributed by atoms with van der Waals surface area (Å²) in [7, 11) is 0. The third-order valence-electron chi connectivity index (χ3n) is 4.78. The maximum Gasteiger partial charge on any atom is 0.424 e. The third kappa shape index (κ3) is 5.18. The predicted octanol–water partition coefficient (Wildman–Crippen LogP) is 6.92. The van der Waals surface area contributed by atoms with Crippen molar-refractivity contribution in [2.24, 2.45) is 0 Å². The molecule has 0 aliphatic heterocycles. The average molecular weight is 419 g/mol. The monoisotopic (exact) mass is 419 g/mol. The first kappa shape index (κ1) is 20.8. The van der Waals surface area contributed by atoms with E-state index in [1.165, 1.54) is 11.0 Å². The molecule has 0 saturated carbocycles. The third-order valence-corrected chi connectivity index (χ3v) is 4.78. The fourth-order valence-corrected chi connectivity index (χ4v) is 3.18. The maximum atomic E-state index is 13.0. The molecule has 156 valence electrons. The van der Waals surface area contributed by atoms with Crippen molar-refractivity contribution < 1.29 is 14.3 Å². The van der Waals surface area contributed by atoms with Crippen LogP contribution in [0.25, 0.3) is 6.08 Å². The second-order valence-corrected chi connectivity index (χ2v) is 7.01. The molecule has 32 heavy (non-hydrogen) atoms. The quantitative estimate of drug-likeness (QED) is 0.252. The molecule has 4 aromatic carbocycles. The molecule has 0 aliphatic rings. The van der Waals surface area contributed by atoms with Gasteiger partial charge < -0.3 is 4.74 Å². The lowest BCUT2D eigenvalue weighted by molar-refractivity contribution is 0.104. The van der Waals surface area contributed by atoms with Gasteiger partial charge in [0.1, 0.15) is 5.75 Å². The molecule has 0 atom stereocenters. The summed E-state index contributed by atoms with van der Waals surface area (Å²) in [6.07, 6.45) is 2.77. The van der Waals surface area contributed by atoms with Crippen molar-refractivity contribution in [3.05, 3.63) is 132 Å². The number of amides is 1. The average Bonchev–Trinajstić information content (AvgIpc) is 2.85. The van der Waals surface area contributed by atoms with Crippen molar-refractivity contribution in [2.75, 3.05) is 4.90 Å². The zero-order chi connectivity index (χ0) is 22.2. The molecule has 0 unspecified atom stereocenters. The molecule has 0 heterocycles. The Bertz CT molecular complexity index is 1160. The summed E-state index contributed by atoms with van der Waals surface area (Å²) in [6.45, 7) is 0. The van der Waals surface area contributed by atoms with Crippen LogP contribution in [0.5, 0.6) is 5.75 Å². The van der Waals surface area contributed by atoms with Gasteiger partial charge in [-0.2, -0.15) is 0 Å². The molecule has 0 fully saturated rings. The normalized spacial score (nSPS) is 10.6. The van der Waals surface area contributed by atoms with Crippen molar-refractivity contribution in [3.63, 3.8) is 0 Å². The van der Waals surface area contributed by atoms with E-state index < -0.39 is 6.09 Å². The minimum Gasteiger partial charge on any atom is -0.410 e. The zero-order valence-corrected chi connectivity index (χ0v) is 17.3. The number of ether oxygens (including phenoxy) is 1. The number of carbonyl (C=O) groups is 2. The summed E-state index contributed by atoms with van der Waals surface area (Å²) in [5.41, 5.74) is 2.86. The highest BCUT2D eigenvalue weighted by Gasteiger charge is 2.20. The standard InChI is InChI=1S/C28H21NO3/c30-27(21-16-22-10-4-1-5-11-22)23-17-19-26(20-18-23)32-28(31)29(24-12-6-2-7-13-24)25-14-8-3-9-15-25/h1-21H. The number of hydrogen-bond acceptors (Lipinski definition) is 3. The summed E-state index contributed by atoms with van der Waals surface area (Å²) in [6, 6.07) is 34.8. The van der Waals surface area contributed by atoms with Gasteiger partial charge in [-0.3, -0.25) is 4.79 Å². The molecule has 1 amide bonds. The Kier molecular flexibility index (Phi) is 6.54. The van der Waals surface area contributed by atoms with E-state index in [4.69, 9.17) is 4.74 Å². The molecule has 0 saturated heterocycles. The van der Waals surface area contributed by atoms with Gasteiger partial charge in [-0.05, 0) is 60.2 Å². The summed E-state index contributed by atoms with van der Waals surface area (Å²) >= 11 is 0. The zero-order valence-electron chi connectivity index (χ0n) is 17.3. The van der Waals surface area contributed by atoms with Crippen LogP contribution in [0.4, 0.5) is 16.2 Å². The number of anilines is 2. The van der Waals surface area contributed by atoms with Gasteiger partial charge in [0.15, 0.2) is 5.78 Å². The van der Waals surface area contributed by atoms with Gasteiger partial charge in [-0.25, -0.2) is 9.69 Å². The van der Waals surface area contributed by atoms with Crippen LogP contribution in [0.1, 0.15) is 15.9 Å². The molecule has 0 N–H and O–H groups in total. The van der Waals surface area contributed by atoms with Crippen LogP contribution in [0.15, 0.2) is 121 Å². The Morgan fingerprint density at radius 3 is 1.66 bits per heavy atom. The van der Waals surface area contributed by atoms with E-state index in [-0.39, 0.29) is 5.78 Å². The first-order chi connectivity index (χ1) is 15.7. The molecule has 0 aromatic heterocycles. The van der Waals surface area contributed by atoms with E-state index in [1.807, 2.05) is 91.0 Å². The van der Waals surface area contributed by atoms with Crippen molar-refractivity contribution in [1.82, 2.24) is 0 Å². The van der Waals surface area contributed by atoms with E-state index >= 15 is 0 Å². The van der Waals surface area contributed by atoms with E-state index in [0.717, 1.165) is 5.56 Å². The van der Waals surface area contributed by atoms with Crippen LogP contribution in [0.3, 0.4) is 0 Å². The van der Waals surface area contributed by atoms with Crippen molar-refractivity contribution in [3.8, 4) is 5.75 Å². The SMILES string of the molecule is O=C(C=Cc1ccccc1)c1ccc(OC(=O)N(c2ccccc2)c2ccccc2)cc1. The van der Waals surface area contributed by atoms with Gasteiger partial charge in [0, 0.05) is 5.56 Å². The molecule has 0 spiro atoms. The van der Waals surface area contributed by atoms with Gasteiger partial charge in [0.05, 0.1) is 11.4 Å². The maximum absolute atomic E-state index is 13.0. The van der Waals surface area contributed by atoms with Crippen molar-refractivity contribution >= 4 is 29.3 Å². The van der Waals surface area contributed by atoms with Gasteiger partial charge in [0.2, 0.25) is 0 Å². The number of para-hydroxylation sites is 2. The molecule has 0 aliphatic carbocycles. The summed E-state index contributed by atoms with van der Waals surface area (Å²) in [5, 5.41) is 0. The number of hydrogen-bond donors (Lipinski definition) is 0. The van der Waals surface area contributed by atoms with Gasteiger partial charge in [0.25, 0.3) is 0 Å². The lowest BCUT2D eigenvalue weighted by Crippen LogP contribution is -2.29. The predicted molar refractivity (Wildman–Crippen MR) is 127 cm³/mol. The van der Waals surface area contributed by atoms with E-state index in [2.05, 4.69) is 0 Å². The fourth-order valence-electron chi connectivity index (χ4n) is 3.18. The highest BCUT2D eigenvalue weighted by molar-refractivity contribution is 6.07. The number of allylic oxidation sites excluding steroid dienone is 1. The van der Waals surface area contributed by atoms with E-state index in [9.17, 15) is 9.59 Å². The van der Waals surface area contributed by atoms with Crippen LogP contribution < -0.4 is 9.64 Å². The smallest absolute Gasteiger partial charge is 0.410 e. The van der Waals surface area contributed by atoms with Gasteiger partial charge in [-0.1, -0.05) is 72.8 Å². The Balaban J connectivity index is 1.49. The Morgan fingerprint density at radius 2 is 1.12 bits per heavy atom. The Hall–Kier alpha value is -4.44. The molecule has 4 heteroatoms. The molecule has 4 aromatic rings. The number of ketones is 1. The van der Waals surface area contributed by atoms with Crippen LogP contribution in [0, 0.1) is 0 Å². The molecular weight excluding hydrogens is 398 g/mol. The van der Waals surface area contributed by atoms with E-state index in [0.29, 0.717) is 22.7 Å². The largest absolute Gasteiger partial charge is 0.424 e. The fraction of sp³-hybridized carbons (Fsp3) is 0. The van der Waals surface area contributed by atoms with Crippen molar-refractivity contribution in [1.29, 1.82) is 0 Å². The molecule has 4 rings (SSSR count). The molecule has 0 bridgehead atoms. The van der Waals surface area contributed by atoms with E-state index in [1.54, 1.807) is 30.3 Å². The second-order valence-electron chi connectivity index (χ2n) is 7.01. The number of benzene rings is 4. The second kappa shape index (κ2) is 10.0. The molecule has 4 nitrogen and oxygen atoms in total. The van der Waals surface area contributed by atoms with Gasteiger partial charge >= 0.3 is 6.09 Å². The van der Waals surface area contributed by atoms with Crippen molar-refractivity contribution in [2.45, 2.75) is 0 Å². The number of nitrogens with zero attached hydrogens (tertiary/aromatic N) is 1. The minimum atomic E-state index is -0.537. The Morgan fingerprint density at radius 1 is 0.625 bits per heavy atom. The lowest BCUT2D eigenvalue weighted by Gasteiger charge is -2.22. The highest BCUT2D eigenvalue weighted by atomic mass is 16.6. The first-order valence-electron chi connectivity index (χ1n) is 10.2. The van der Waals surface area contributed by atoms with Crippen LogP contribution in [-0.2, 0) is 0 Å². The lowest BCUT2D eigenvalue weighted by atomic mass is 10.1. The first-order valence-corrected chi connectivity index (χ1v) is 10.2. The minimum absolute atomic E-state index is 0.123. The number of carbonyl (C=O) groups excluding carboxylic acids is 2. The van der Waals surface area contributed by atoms with Gasteiger partial charge in [-0.15, -0.1) is 0 Å². The molecular formula is C28H21NO3. The van der Waals surface area contributed by atoms with Crippen LogP contribution in [0.2, 0.25) is 0 Å². The highest BCUT2D eigenvalue weighted by Crippen LogP contribution is 2.26. The summed E-state index contributed by atoms with van der Waals surface area (Å²) in [4.78, 5) is 26.9. The Labute approximate surface area is 187 Å². The summed E-state index contributed by atoms with van der Waals surface area (Å²) < 4.78 is 5.61. The number of rotatable bonds is 6. The topological polar surface area (TPSA) is 46.6 Å². The van der Waals surface area contributed by atoms with Crippen LogP contribution in [-0.4, -0.2) is 11.9 Å². The summed E-state index contributed by atoms with van der Waals surface area (Å²) in [5.74, 6) is 0.234.